The molecular formula is C13H19N3O3S. The summed E-state index contributed by atoms with van der Waals surface area (Å²) in [6.07, 6.45) is 3.35. The maximum atomic E-state index is 12.3. The number of hydrogen-bond acceptors (Lipinski definition) is 4. The van der Waals surface area contributed by atoms with Crippen LogP contribution in [0.3, 0.4) is 0 Å². The van der Waals surface area contributed by atoms with Crippen LogP contribution in [0.4, 0.5) is 0 Å². The number of likely N-dealkylation sites (tertiary alicyclic amines) is 1. The first-order valence-corrected chi connectivity index (χ1v) is 8.42. The van der Waals surface area contributed by atoms with Crippen molar-refractivity contribution in [1.29, 1.82) is 0 Å². The molecule has 2 saturated heterocycles. The van der Waals surface area contributed by atoms with Crippen molar-refractivity contribution < 1.29 is 13.2 Å². The van der Waals surface area contributed by atoms with Gasteiger partial charge in [0, 0.05) is 37.4 Å². The van der Waals surface area contributed by atoms with Crippen molar-refractivity contribution in [1.82, 2.24) is 14.8 Å². The average Bonchev–Trinajstić information content (AvgIpc) is 3.06. The Morgan fingerprint density at radius 2 is 2.15 bits per heavy atom. The van der Waals surface area contributed by atoms with E-state index in [0.29, 0.717) is 18.7 Å². The fraction of sp³-hybridized carbons (Fsp3) is 0.615. The minimum atomic E-state index is -3.10. The number of nitrogens with zero attached hydrogens (tertiary/aromatic N) is 2. The van der Waals surface area contributed by atoms with Crippen LogP contribution < -0.4 is 0 Å². The van der Waals surface area contributed by atoms with Crippen LogP contribution in [0.2, 0.25) is 0 Å². The smallest absolute Gasteiger partial charge is 0.255 e. The van der Waals surface area contributed by atoms with Gasteiger partial charge in [-0.15, -0.1) is 0 Å². The standard InChI is InChI=1S/C13H19N3O3S/c1-15(2)11-8-20(18,19)12-7-16(6-10(11)12)13(17)9-3-4-14-5-9/h3-5,10-12,14H,6-8H2,1-2H3/t10-,11+,12-/m0/s1. The molecule has 0 aromatic carbocycles. The van der Waals surface area contributed by atoms with Gasteiger partial charge in [0.2, 0.25) is 0 Å². The molecule has 0 aliphatic carbocycles. The second-order valence-electron chi connectivity index (χ2n) is 5.87. The highest BCUT2D eigenvalue weighted by atomic mass is 32.2. The Labute approximate surface area is 118 Å². The van der Waals surface area contributed by atoms with E-state index >= 15 is 0 Å². The Balaban J connectivity index is 1.83. The first kappa shape index (κ1) is 13.6. The van der Waals surface area contributed by atoms with Crippen molar-refractivity contribution in [2.75, 3.05) is 32.9 Å². The van der Waals surface area contributed by atoms with Crippen LogP contribution in [0.15, 0.2) is 18.5 Å². The summed E-state index contributed by atoms with van der Waals surface area (Å²) in [5, 5.41) is -0.405. The van der Waals surface area contributed by atoms with Crippen LogP contribution in [0.25, 0.3) is 0 Å². The molecule has 1 aromatic rings. The molecule has 3 heterocycles. The largest absolute Gasteiger partial charge is 0.367 e. The highest BCUT2D eigenvalue weighted by molar-refractivity contribution is 7.92. The van der Waals surface area contributed by atoms with Gasteiger partial charge in [0.15, 0.2) is 9.84 Å². The zero-order chi connectivity index (χ0) is 14.5. The summed E-state index contributed by atoms with van der Waals surface area (Å²) in [5.41, 5.74) is 0.587. The van der Waals surface area contributed by atoms with Crippen molar-refractivity contribution in [3.05, 3.63) is 24.0 Å². The molecule has 1 amide bonds. The first-order chi connectivity index (χ1) is 9.40. The molecule has 0 bridgehead atoms. The third kappa shape index (κ3) is 2.05. The molecule has 2 fully saturated rings. The number of hydrogen-bond donors (Lipinski definition) is 1. The SMILES string of the molecule is CN(C)[C@@H]1CS(=O)(=O)[C@H]2CN(C(=O)c3cc[nH]c3)C[C@@H]12. The second-order valence-corrected chi connectivity index (χ2v) is 8.14. The lowest BCUT2D eigenvalue weighted by atomic mass is 10.00. The van der Waals surface area contributed by atoms with Crippen LogP contribution in [-0.2, 0) is 9.84 Å². The van der Waals surface area contributed by atoms with Crippen LogP contribution in [0.5, 0.6) is 0 Å². The van der Waals surface area contributed by atoms with Crippen molar-refractivity contribution in [2.45, 2.75) is 11.3 Å². The van der Waals surface area contributed by atoms with Crippen molar-refractivity contribution in [2.24, 2.45) is 5.92 Å². The molecular weight excluding hydrogens is 278 g/mol. The Morgan fingerprint density at radius 1 is 1.40 bits per heavy atom. The molecule has 1 N–H and O–H groups in total. The van der Waals surface area contributed by atoms with Gasteiger partial charge in [-0.2, -0.15) is 0 Å². The third-order valence-corrected chi connectivity index (χ3v) is 6.69. The summed E-state index contributed by atoms with van der Waals surface area (Å²) in [4.78, 5) is 18.8. The van der Waals surface area contributed by atoms with Gasteiger partial charge in [0.25, 0.3) is 5.91 Å². The molecule has 3 rings (SSSR count). The molecule has 0 radical (unpaired) electrons. The molecule has 0 saturated carbocycles. The minimum Gasteiger partial charge on any atom is -0.367 e. The molecule has 7 heteroatoms. The van der Waals surface area contributed by atoms with E-state index in [-0.39, 0.29) is 23.6 Å². The van der Waals surface area contributed by atoms with Gasteiger partial charge >= 0.3 is 0 Å². The lowest BCUT2D eigenvalue weighted by Gasteiger charge is -2.24. The van der Waals surface area contributed by atoms with E-state index in [1.54, 1.807) is 23.4 Å². The molecule has 2 aliphatic heterocycles. The zero-order valence-electron chi connectivity index (χ0n) is 11.6. The van der Waals surface area contributed by atoms with Gasteiger partial charge in [-0.25, -0.2) is 8.42 Å². The zero-order valence-corrected chi connectivity index (χ0v) is 12.4. The summed E-state index contributed by atoms with van der Waals surface area (Å²) < 4.78 is 24.5. The number of amides is 1. The number of rotatable bonds is 2. The van der Waals surface area contributed by atoms with E-state index in [2.05, 4.69) is 4.98 Å². The quantitative estimate of drug-likeness (QED) is 0.821. The molecule has 6 nitrogen and oxygen atoms in total. The average molecular weight is 297 g/mol. The fourth-order valence-corrected chi connectivity index (χ4v) is 5.85. The van der Waals surface area contributed by atoms with Gasteiger partial charge in [0.1, 0.15) is 0 Å². The summed E-state index contributed by atoms with van der Waals surface area (Å²) >= 11 is 0. The van der Waals surface area contributed by atoms with E-state index in [9.17, 15) is 13.2 Å². The lowest BCUT2D eigenvalue weighted by Crippen LogP contribution is -2.38. The predicted molar refractivity (Wildman–Crippen MR) is 75.2 cm³/mol. The van der Waals surface area contributed by atoms with Crippen molar-refractivity contribution >= 4 is 15.7 Å². The van der Waals surface area contributed by atoms with Gasteiger partial charge in [-0.05, 0) is 20.2 Å². The highest BCUT2D eigenvalue weighted by Crippen LogP contribution is 2.36. The lowest BCUT2D eigenvalue weighted by molar-refractivity contribution is 0.0780. The number of nitrogens with one attached hydrogen (secondary N) is 1. The summed E-state index contributed by atoms with van der Waals surface area (Å²) in [5.74, 6) is 0.146. The maximum absolute atomic E-state index is 12.3. The minimum absolute atomic E-state index is 0.00836. The number of aromatic nitrogens is 1. The number of carbonyl (C=O) groups excluding carboxylic acids is 1. The summed E-state index contributed by atoms with van der Waals surface area (Å²) in [6, 6.07) is 1.72. The number of sulfone groups is 1. The predicted octanol–water partition coefficient (Wildman–Crippen LogP) is -0.186. The highest BCUT2D eigenvalue weighted by Gasteiger charge is 2.53. The van der Waals surface area contributed by atoms with E-state index in [4.69, 9.17) is 0 Å². The molecule has 2 aliphatic rings. The van der Waals surface area contributed by atoms with Crippen LogP contribution >= 0.6 is 0 Å². The first-order valence-electron chi connectivity index (χ1n) is 6.70. The van der Waals surface area contributed by atoms with Gasteiger partial charge in [-0.1, -0.05) is 0 Å². The second kappa shape index (κ2) is 4.60. The van der Waals surface area contributed by atoms with E-state index in [1.165, 1.54) is 0 Å². The number of aromatic amines is 1. The Hall–Kier alpha value is -1.34. The van der Waals surface area contributed by atoms with Crippen molar-refractivity contribution in [3.63, 3.8) is 0 Å². The number of carbonyl (C=O) groups is 1. The maximum Gasteiger partial charge on any atom is 0.255 e. The monoisotopic (exact) mass is 297 g/mol. The van der Waals surface area contributed by atoms with Crippen LogP contribution in [-0.4, -0.2) is 73.3 Å². The molecule has 3 atom stereocenters. The van der Waals surface area contributed by atoms with Crippen molar-refractivity contribution in [3.8, 4) is 0 Å². The fourth-order valence-electron chi connectivity index (χ4n) is 3.37. The van der Waals surface area contributed by atoms with Gasteiger partial charge in [0.05, 0.1) is 16.6 Å². The van der Waals surface area contributed by atoms with Crippen LogP contribution in [0.1, 0.15) is 10.4 Å². The number of H-pyrrole nitrogens is 1. The topological polar surface area (TPSA) is 73.5 Å². The molecule has 0 spiro atoms. The number of fused-ring (bicyclic) bond motifs is 1. The Morgan fingerprint density at radius 3 is 2.75 bits per heavy atom. The normalized spacial score (nSPS) is 31.8. The Bertz CT molecular complexity index is 609. The molecule has 20 heavy (non-hydrogen) atoms. The van der Waals surface area contributed by atoms with E-state index < -0.39 is 15.1 Å². The Kier molecular flexibility index (Phi) is 3.13. The molecule has 110 valence electrons. The summed E-state index contributed by atoms with van der Waals surface area (Å²) in [7, 11) is 0.707. The van der Waals surface area contributed by atoms with Crippen LogP contribution in [0, 0.1) is 5.92 Å². The summed E-state index contributed by atoms with van der Waals surface area (Å²) in [6.45, 7) is 0.845. The van der Waals surface area contributed by atoms with E-state index in [1.807, 2.05) is 19.0 Å². The molecule has 0 unspecified atom stereocenters. The van der Waals surface area contributed by atoms with Gasteiger partial charge in [-0.3, -0.25) is 4.79 Å². The third-order valence-electron chi connectivity index (χ3n) is 4.46. The van der Waals surface area contributed by atoms with Gasteiger partial charge < -0.3 is 14.8 Å². The molecule has 1 aromatic heterocycles. The van der Waals surface area contributed by atoms with E-state index in [0.717, 1.165) is 0 Å².